The second-order valence-corrected chi connectivity index (χ2v) is 5.81. The van der Waals surface area contributed by atoms with Crippen molar-refractivity contribution in [2.75, 3.05) is 0 Å². The van der Waals surface area contributed by atoms with E-state index in [0.717, 1.165) is 25.7 Å². The van der Waals surface area contributed by atoms with Gasteiger partial charge in [-0.25, -0.2) is 0 Å². The Bertz CT molecular complexity index is 298. The fourth-order valence-corrected chi connectivity index (χ4v) is 2.15. The highest BCUT2D eigenvalue weighted by molar-refractivity contribution is 4.92. The molecule has 0 heterocycles. The monoisotopic (exact) mass is 326 g/mol. The summed E-state index contributed by atoms with van der Waals surface area (Å²) in [5, 5.41) is 73.1. The van der Waals surface area contributed by atoms with Crippen LogP contribution in [-0.2, 0) is 0 Å². The number of aliphatic hydroxyl groups excluding tert-OH is 1. The molecule has 8 heteroatoms. The minimum atomic E-state index is -4.20. The van der Waals surface area contributed by atoms with Crippen LogP contribution in [0.15, 0.2) is 0 Å². The summed E-state index contributed by atoms with van der Waals surface area (Å²) in [5.41, 5.74) is 0. The summed E-state index contributed by atoms with van der Waals surface area (Å²) >= 11 is 0. The zero-order chi connectivity index (χ0) is 17.4. The SMILES string of the molecule is CCCCCCCCCCC(O)C(O)(O)C(O)(O)C(O)(O)O. The summed E-state index contributed by atoms with van der Waals surface area (Å²) in [5.74, 6) is -12.0. The van der Waals surface area contributed by atoms with Crippen molar-refractivity contribution in [3.63, 3.8) is 0 Å². The van der Waals surface area contributed by atoms with Gasteiger partial charge in [0.15, 0.2) is 0 Å². The van der Waals surface area contributed by atoms with Gasteiger partial charge in [0.2, 0.25) is 0 Å². The Hall–Kier alpha value is -0.320. The van der Waals surface area contributed by atoms with Crippen LogP contribution in [0, 0.1) is 0 Å². The Morgan fingerprint density at radius 2 is 1.09 bits per heavy atom. The molecule has 0 fully saturated rings. The minimum Gasteiger partial charge on any atom is -0.387 e. The molecule has 0 spiro atoms. The largest absolute Gasteiger partial charge is 0.387 e. The van der Waals surface area contributed by atoms with Crippen LogP contribution >= 0.6 is 0 Å². The van der Waals surface area contributed by atoms with Gasteiger partial charge >= 0.3 is 11.8 Å². The number of rotatable bonds is 12. The Morgan fingerprint density at radius 3 is 1.50 bits per heavy atom. The average Bonchev–Trinajstić information content (AvgIpc) is 2.39. The number of hydrogen-bond donors (Lipinski definition) is 8. The molecule has 0 aromatic carbocycles. The molecule has 22 heavy (non-hydrogen) atoms. The molecular weight excluding hydrogens is 296 g/mol. The maximum absolute atomic E-state index is 9.60. The lowest BCUT2D eigenvalue weighted by Crippen LogP contribution is -2.72. The maximum Gasteiger partial charge on any atom is 0.338 e. The highest BCUT2D eigenvalue weighted by Crippen LogP contribution is 2.30. The summed E-state index contributed by atoms with van der Waals surface area (Å²) in [4.78, 5) is 0. The van der Waals surface area contributed by atoms with E-state index in [2.05, 4.69) is 6.92 Å². The van der Waals surface area contributed by atoms with E-state index < -0.39 is 23.7 Å². The molecule has 0 aliphatic rings. The smallest absolute Gasteiger partial charge is 0.338 e. The maximum atomic E-state index is 9.60. The van der Waals surface area contributed by atoms with Gasteiger partial charge in [-0.3, -0.25) is 0 Å². The average molecular weight is 326 g/mol. The molecule has 0 aliphatic carbocycles. The third kappa shape index (κ3) is 6.05. The number of aliphatic hydroxyl groups is 8. The summed E-state index contributed by atoms with van der Waals surface area (Å²) in [6.45, 7) is 2.12. The first-order valence-electron chi connectivity index (χ1n) is 7.73. The lowest BCUT2D eigenvalue weighted by Gasteiger charge is -2.41. The van der Waals surface area contributed by atoms with Crippen molar-refractivity contribution in [1.29, 1.82) is 0 Å². The van der Waals surface area contributed by atoms with Crippen molar-refractivity contribution >= 4 is 0 Å². The fraction of sp³-hybridized carbons (Fsp3) is 1.00. The third-order valence-corrected chi connectivity index (χ3v) is 3.78. The van der Waals surface area contributed by atoms with Gasteiger partial charge in [-0.05, 0) is 6.42 Å². The molecule has 0 radical (unpaired) electrons. The zero-order valence-electron chi connectivity index (χ0n) is 13.0. The number of hydrogen-bond acceptors (Lipinski definition) is 8. The van der Waals surface area contributed by atoms with Gasteiger partial charge in [-0.15, -0.1) is 0 Å². The molecule has 0 aliphatic heterocycles. The standard InChI is InChI=1S/C14H30O8/c1-2-3-4-5-6-7-8-9-10-11(15)12(16,17)13(18,19)14(20,21)22/h11,15-22H,2-10H2,1H3. The van der Waals surface area contributed by atoms with Gasteiger partial charge in [-0.2, -0.15) is 0 Å². The van der Waals surface area contributed by atoms with Crippen molar-refractivity contribution in [2.45, 2.75) is 88.4 Å². The second kappa shape index (κ2) is 9.09. The van der Waals surface area contributed by atoms with Crippen LogP contribution in [0.3, 0.4) is 0 Å². The van der Waals surface area contributed by atoms with Crippen molar-refractivity contribution in [3.8, 4) is 0 Å². The first-order valence-corrected chi connectivity index (χ1v) is 7.73. The first-order chi connectivity index (χ1) is 9.98. The summed E-state index contributed by atoms with van der Waals surface area (Å²) in [7, 11) is 0. The quantitative estimate of drug-likeness (QED) is 0.165. The Balaban J connectivity index is 4.13. The Kier molecular flexibility index (Phi) is 8.96. The van der Waals surface area contributed by atoms with E-state index in [4.69, 9.17) is 15.3 Å². The molecule has 0 saturated heterocycles. The molecule has 0 saturated carbocycles. The van der Waals surface area contributed by atoms with E-state index in [1.807, 2.05) is 0 Å². The van der Waals surface area contributed by atoms with Crippen LogP contribution < -0.4 is 0 Å². The van der Waals surface area contributed by atoms with Crippen molar-refractivity contribution in [2.24, 2.45) is 0 Å². The van der Waals surface area contributed by atoms with E-state index >= 15 is 0 Å². The van der Waals surface area contributed by atoms with Crippen LogP contribution in [-0.4, -0.2) is 64.5 Å². The Labute approximate surface area is 130 Å². The molecule has 0 aromatic rings. The van der Waals surface area contributed by atoms with Gasteiger partial charge in [0.25, 0.3) is 5.79 Å². The van der Waals surface area contributed by atoms with Crippen molar-refractivity contribution < 1.29 is 40.9 Å². The molecule has 8 nitrogen and oxygen atoms in total. The van der Waals surface area contributed by atoms with Gasteiger partial charge in [0.05, 0.1) is 0 Å². The van der Waals surface area contributed by atoms with E-state index in [1.165, 1.54) is 12.8 Å². The van der Waals surface area contributed by atoms with Gasteiger partial charge < -0.3 is 40.9 Å². The van der Waals surface area contributed by atoms with Crippen molar-refractivity contribution in [1.82, 2.24) is 0 Å². The first kappa shape index (κ1) is 21.7. The summed E-state index contributed by atoms with van der Waals surface area (Å²) in [6, 6.07) is 0. The van der Waals surface area contributed by atoms with E-state index in [0.29, 0.717) is 12.8 Å². The molecular formula is C14H30O8. The molecule has 1 atom stereocenters. The lowest BCUT2D eigenvalue weighted by molar-refractivity contribution is -0.517. The second-order valence-electron chi connectivity index (χ2n) is 5.81. The van der Waals surface area contributed by atoms with Crippen LogP contribution in [0.4, 0.5) is 0 Å². The molecule has 0 aromatic heterocycles. The third-order valence-electron chi connectivity index (χ3n) is 3.78. The van der Waals surface area contributed by atoms with E-state index in [1.54, 1.807) is 0 Å². The molecule has 0 rings (SSSR count). The summed E-state index contributed by atoms with van der Waals surface area (Å²) < 4.78 is 0. The molecule has 1 unspecified atom stereocenters. The van der Waals surface area contributed by atoms with Gasteiger partial charge in [-0.1, -0.05) is 58.3 Å². The highest BCUT2D eigenvalue weighted by atomic mass is 16.7. The molecule has 8 N–H and O–H groups in total. The topological polar surface area (TPSA) is 162 Å². The van der Waals surface area contributed by atoms with E-state index in [9.17, 15) is 25.5 Å². The molecule has 0 bridgehead atoms. The predicted molar refractivity (Wildman–Crippen MR) is 77.0 cm³/mol. The van der Waals surface area contributed by atoms with Crippen LogP contribution in [0.25, 0.3) is 0 Å². The number of unbranched alkanes of at least 4 members (excludes halogenated alkanes) is 7. The molecule has 0 amide bonds. The zero-order valence-corrected chi connectivity index (χ0v) is 13.0. The van der Waals surface area contributed by atoms with Gasteiger partial charge in [0, 0.05) is 0 Å². The predicted octanol–water partition coefficient (Wildman–Crippen LogP) is -1.13. The summed E-state index contributed by atoms with van der Waals surface area (Å²) in [6.07, 6.45) is 5.34. The van der Waals surface area contributed by atoms with E-state index in [-0.39, 0.29) is 6.42 Å². The van der Waals surface area contributed by atoms with Gasteiger partial charge in [0.1, 0.15) is 6.10 Å². The minimum absolute atomic E-state index is 0.207. The van der Waals surface area contributed by atoms with Crippen LogP contribution in [0.1, 0.15) is 64.7 Å². The lowest BCUT2D eigenvalue weighted by atomic mass is 9.93. The highest BCUT2D eigenvalue weighted by Gasteiger charge is 2.64. The fourth-order valence-electron chi connectivity index (χ4n) is 2.15. The normalized spacial score (nSPS) is 15.1. The molecule has 134 valence electrons. The Morgan fingerprint density at radius 1 is 0.682 bits per heavy atom. The van der Waals surface area contributed by atoms with Crippen LogP contribution in [0.2, 0.25) is 0 Å². The van der Waals surface area contributed by atoms with Crippen LogP contribution in [0.5, 0.6) is 0 Å². The van der Waals surface area contributed by atoms with Crippen molar-refractivity contribution in [3.05, 3.63) is 0 Å².